The van der Waals surface area contributed by atoms with Crippen LogP contribution in [0.5, 0.6) is 5.75 Å². The maximum Gasteiger partial charge on any atom is 0.270 e. The molecule has 24 heavy (non-hydrogen) atoms. The minimum absolute atomic E-state index is 0.0587. The first kappa shape index (κ1) is 16.9. The van der Waals surface area contributed by atoms with E-state index in [1.165, 1.54) is 6.07 Å². The minimum atomic E-state index is -0.593. The molecule has 0 unspecified atom stereocenters. The molecule has 1 N–H and O–H groups in total. The summed E-state index contributed by atoms with van der Waals surface area (Å²) < 4.78 is 11.4. The number of hydrogen-bond donors (Lipinski definition) is 1. The fraction of sp³-hybridized carbons (Fsp3) is 0.562. The van der Waals surface area contributed by atoms with Crippen molar-refractivity contribution < 1.29 is 14.4 Å². The van der Waals surface area contributed by atoms with E-state index in [2.05, 4.69) is 12.2 Å². The topological polar surface area (TPSA) is 76.9 Å². The SMILES string of the molecule is COCCCN1C(=S)N[C@@H]2c3cc([N+](=O)[O-])ccc3O[C@@]1(C)[C@H]2C. The number of nitro benzene ring substituents is 1. The van der Waals surface area contributed by atoms with E-state index in [0.717, 1.165) is 18.5 Å². The van der Waals surface area contributed by atoms with E-state index in [1.807, 2.05) is 11.8 Å². The Bertz CT molecular complexity index is 683. The average Bonchev–Trinajstić information content (AvgIpc) is 2.53. The van der Waals surface area contributed by atoms with E-state index in [0.29, 0.717) is 17.5 Å². The number of rotatable bonds is 5. The molecule has 1 saturated heterocycles. The highest BCUT2D eigenvalue weighted by atomic mass is 32.1. The van der Waals surface area contributed by atoms with Gasteiger partial charge in [0, 0.05) is 43.9 Å². The summed E-state index contributed by atoms with van der Waals surface area (Å²) in [5, 5.41) is 15.0. The molecular weight excluding hydrogens is 330 g/mol. The largest absolute Gasteiger partial charge is 0.467 e. The van der Waals surface area contributed by atoms with Crippen LogP contribution < -0.4 is 10.1 Å². The van der Waals surface area contributed by atoms with Crippen LogP contribution in [-0.4, -0.2) is 40.9 Å². The van der Waals surface area contributed by atoms with E-state index < -0.39 is 10.6 Å². The fourth-order valence-corrected chi connectivity index (χ4v) is 3.89. The minimum Gasteiger partial charge on any atom is -0.467 e. The molecule has 0 aromatic heterocycles. The van der Waals surface area contributed by atoms with Gasteiger partial charge in [-0.25, -0.2) is 0 Å². The van der Waals surface area contributed by atoms with E-state index in [1.54, 1.807) is 19.2 Å². The number of methoxy groups -OCH3 is 1. The smallest absolute Gasteiger partial charge is 0.270 e. The summed E-state index contributed by atoms with van der Waals surface area (Å²) in [6, 6.07) is 4.62. The fourth-order valence-electron chi connectivity index (χ4n) is 3.49. The van der Waals surface area contributed by atoms with Crippen LogP contribution in [0.4, 0.5) is 5.69 Å². The molecule has 0 radical (unpaired) electrons. The molecule has 2 aliphatic heterocycles. The number of ether oxygens (including phenoxy) is 2. The first-order valence-electron chi connectivity index (χ1n) is 7.93. The van der Waals surface area contributed by atoms with Gasteiger partial charge in [0.2, 0.25) is 0 Å². The van der Waals surface area contributed by atoms with Gasteiger partial charge in [0.15, 0.2) is 10.8 Å². The number of non-ortho nitro benzene ring substituents is 1. The Morgan fingerprint density at radius 3 is 2.96 bits per heavy atom. The van der Waals surface area contributed by atoms with Crippen LogP contribution >= 0.6 is 12.2 Å². The van der Waals surface area contributed by atoms with Crippen LogP contribution in [0, 0.1) is 16.0 Å². The average molecular weight is 351 g/mol. The molecular formula is C16H21N3O4S. The van der Waals surface area contributed by atoms with Crippen LogP contribution in [0.1, 0.15) is 31.9 Å². The van der Waals surface area contributed by atoms with Crippen molar-refractivity contribution in [3.8, 4) is 5.75 Å². The molecule has 2 heterocycles. The van der Waals surface area contributed by atoms with Gasteiger partial charge in [-0.1, -0.05) is 6.92 Å². The van der Waals surface area contributed by atoms with Crippen molar-refractivity contribution in [3.63, 3.8) is 0 Å². The zero-order valence-corrected chi connectivity index (χ0v) is 14.8. The second-order valence-electron chi connectivity index (χ2n) is 6.35. The lowest BCUT2D eigenvalue weighted by Gasteiger charge is -2.56. The molecule has 2 bridgehead atoms. The van der Waals surface area contributed by atoms with Crippen molar-refractivity contribution in [3.05, 3.63) is 33.9 Å². The normalized spacial score (nSPS) is 28.0. The van der Waals surface area contributed by atoms with Crippen molar-refractivity contribution in [1.29, 1.82) is 0 Å². The first-order valence-corrected chi connectivity index (χ1v) is 8.33. The van der Waals surface area contributed by atoms with E-state index >= 15 is 0 Å². The Morgan fingerprint density at radius 2 is 2.29 bits per heavy atom. The molecule has 7 nitrogen and oxygen atoms in total. The molecule has 3 atom stereocenters. The standard InChI is InChI=1S/C16H21N3O4S/c1-10-14-12-9-11(19(20)21)5-6-13(12)23-16(10,2)18(15(24)17-14)7-4-8-22-3/h5-6,9-10,14H,4,7-8H2,1-3H3,(H,17,24)/t10-,14-,16-/m0/s1. The zero-order chi connectivity index (χ0) is 17.5. The lowest BCUT2D eigenvalue weighted by molar-refractivity contribution is -0.385. The maximum absolute atomic E-state index is 11.1. The third-order valence-corrected chi connectivity index (χ3v) is 5.33. The molecule has 1 aromatic rings. The highest BCUT2D eigenvalue weighted by molar-refractivity contribution is 7.80. The number of benzene rings is 1. The predicted molar refractivity (Wildman–Crippen MR) is 93.0 cm³/mol. The number of fused-ring (bicyclic) bond motifs is 4. The van der Waals surface area contributed by atoms with Crippen molar-refractivity contribution in [1.82, 2.24) is 10.2 Å². The van der Waals surface area contributed by atoms with Gasteiger partial charge in [0.05, 0.1) is 11.0 Å². The third kappa shape index (κ3) is 2.59. The van der Waals surface area contributed by atoms with Gasteiger partial charge in [0.25, 0.3) is 5.69 Å². The molecule has 1 fully saturated rings. The molecule has 0 spiro atoms. The summed E-state index contributed by atoms with van der Waals surface area (Å²) in [6.07, 6.45) is 0.835. The van der Waals surface area contributed by atoms with Gasteiger partial charge in [-0.3, -0.25) is 10.1 Å². The number of nitro groups is 1. The Hall–Kier alpha value is -1.93. The summed E-state index contributed by atoms with van der Waals surface area (Å²) in [7, 11) is 1.67. The molecule has 0 amide bonds. The van der Waals surface area contributed by atoms with Gasteiger partial charge < -0.3 is 19.7 Å². The molecule has 130 valence electrons. The molecule has 1 aromatic carbocycles. The number of nitrogens with zero attached hydrogens (tertiary/aromatic N) is 2. The Labute approximate surface area is 146 Å². The van der Waals surface area contributed by atoms with E-state index in [-0.39, 0.29) is 17.6 Å². The molecule has 2 aliphatic rings. The van der Waals surface area contributed by atoms with Crippen LogP contribution in [0.2, 0.25) is 0 Å². The zero-order valence-electron chi connectivity index (χ0n) is 13.9. The van der Waals surface area contributed by atoms with Crippen molar-refractivity contribution >= 4 is 23.0 Å². The monoisotopic (exact) mass is 351 g/mol. The van der Waals surface area contributed by atoms with Crippen LogP contribution in [0.3, 0.4) is 0 Å². The van der Waals surface area contributed by atoms with Gasteiger partial charge in [0.1, 0.15) is 5.75 Å². The molecule has 8 heteroatoms. The van der Waals surface area contributed by atoms with Crippen LogP contribution in [-0.2, 0) is 4.74 Å². The number of thiocarbonyl (C=S) groups is 1. The highest BCUT2D eigenvalue weighted by Gasteiger charge is 2.53. The molecule has 0 saturated carbocycles. The summed E-state index contributed by atoms with van der Waals surface area (Å²) in [5.41, 5.74) is 0.251. The van der Waals surface area contributed by atoms with E-state index in [4.69, 9.17) is 21.7 Å². The second kappa shape index (κ2) is 6.18. The van der Waals surface area contributed by atoms with Gasteiger partial charge in [-0.15, -0.1) is 0 Å². The van der Waals surface area contributed by atoms with Crippen molar-refractivity contribution in [2.75, 3.05) is 20.3 Å². The number of nitrogens with one attached hydrogen (secondary N) is 1. The maximum atomic E-state index is 11.1. The van der Waals surface area contributed by atoms with E-state index in [9.17, 15) is 10.1 Å². The molecule has 3 rings (SSSR count). The van der Waals surface area contributed by atoms with Gasteiger partial charge in [-0.05, 0) is 31.6 Å². The van der Waals surface area contributed by atoms with Crippen molar-refractivity contribution in [2.24, 2.45) is 5.92 Å². The lowest BCUT2D eigenvalue weighted by Crippen LogP contribution is -2.69. The summed E-state index contributed by atoms with van der Waals surface area (Å²) in [4.78, 5) is 12.7. The predicted octanol–water partition coefficient (Wildman–Crippen LogP) is 2.61. The quantitative estimate of drug-likeness (QED) is 0.378. The summed E-state index contributed by atoms with van der Waals surface area (Å²) in [5.74, 6) is 0.735. The van der Waals surface area contributed by atoms with Crippen molar-refractivity contribution in [2.45, 2.75) is 32.0 Å². The van der Waals surface area contributed by atoms with Gasteiger partial charge in [-0.2, -0.15) is 0 Å². The Morgan fingerprint density at radius 1 is 1.54 bits per heavy atom. The van der Waals surface area contributed by atoms with Crippen LogP contribution in [0.25, 0.3) is 0 Å². The van der Waals surface area contributed by atoms with Crippen LogP contribution in [0.15, 0.2) is 18.2 Å². The molecule has 0 aliphatic carbocycles. The second-order valence-corrected chi connectivity index (χ2v) is 6.74. The lowest BCUT2D eigenvalue weighted by atomic mass is 9.80. The Kier molecular flexibility index (Phi) is 4.35. The Balaban J connectivity index is 1.97. The van der Waals surface area contributed by atoms with Gasteiger partial charge >= 0.3 is 0 Å². The summed E-state index contributed by atoms with van der Waals surface area (Å²) in [6.45, 7) is 5.46. The summed E-state index contributed by atoms with van der Waals surface area (Å²) >= 11 is 5.53. The number of hydrogen-bond acceptors (Lipinski definition) is 5. The first-order chi connectivity index (χ1) is 11.4. The third-order valence-electron chi connectivity index (χ3n) is 4.99. The highest BCUT2D eigenvalue weighted by Crippen LogP contribution is 2.48.